The molecular formula is C12H22N2O2S. The summed E-state index contributed by atoms with van der Waals surface area (Å²) in [5.74, 6) is 1.78. The fourth-order valence-electron chi connectivity index (χ4n) is 2.47. The maximum atomic E-state index is 11.8. The van der Waals surface area contributed by atoms with Crippen molar-refractivity contribution in [3.63, 3.8) is 0 Å². The highest BCUT2D eigenvalue weighted by Gasteiger charge is 2.32. The number of carbonyl (C=O) groups is 1. The maximum absolute atomic E-state index is 11.8. The average molecular weight is 258 g/mol. The first-order valence-corrected chi connectivity index (χ1v) is 7.55. The monoisotopic (exact) mass is 258 g/mol. The van der Waals surface area contributed by atoms with Crippen molar-refractivity contribution in [2.45, 2.75) is 37.8 Å². The molecule has 0 aliphatic carbocycles. The van der Waals surface area contributed by atoms with E-state index in [-0.39, 0.29) is 5.91 Å². The highest BCUT2D eigenvalue weighted by atomic mass is 32.2. The number of thioether (sulfide) groups is 1. The van der Waals surface area contributed by atoms with Crippen LogP contribution in [0.3, 0.4) is 0 Å². The first kappa shape index (κ1) is 13.2. The van der Waals surface area contributed by atoms with Crippen LogP contribution in [0.5, 0.6) is 0 Å². The van der Waals surface area contributed by atoms with Gasteiger partial charge < -0.3 is 10.4 Å². The summed E-state index contributed by atoms with van der Waals surface area (Å²) in [4.78, 5) is 14.0. The minimum atomic E-state index is -0.670. The summed E-state index contributed by atoms with van der Waals surface area (Å²) in [6.07, 6.45) is 3.17. The molecule has 0 radical (unpaired) electrons. The predicted molar refractivity (Wildman–Crippen MR) is 70.2 cm³/mol. The summed E-state index contributed by atoms with van der Waals surface area (Å²) < 4.78 is 0. The Balaban J connectivity index is 1.70. The van der Waals surface area contributed by atoms with E-state index in [0.29, 0.717) is 19.1 Å². The summed E-state index contributed by atoms with van der Waals surface area (Å²) in [7, 11) is 0. The van der Waals surface area contributed by atoms with Gasteiger partial charge in [-0.05, 0) is 38.5 Å². The lowest BCUT2D eigenvalue weighted by molar-refractivity contribution is -0.123. The molecular weight excluding hydrogens is 236 g/mol. The standard InChI is InChI=1S/C12H22N2O2S/c1-10-3-2-5-14(10)7-11(15)13-8-12(16)4-6-17-9-12/h10,16H,2-9H2,1H3,(H,13,15). The van der Waals surface area contributed by atoms with Gasteiger partial charge >= 0.3 is 0 Å². The second-order valence-corrected chi connectivity index (χ2v) is 6.37. The smallest absolute Gasteiger partial charge is 0.234 e. The van der Waals surface area contributed by atoms with E-state index in [9.17, 15) is 9.90 Å². The number of rotatable bonds is 4. The number of hydrogen-bond acceptors (Lipinski definition) is 4. The van der Waals surface area contributed by atoms with E-state index in [1.165, 1.54) is 12.8 Å². The molecule has 2 N–H and O–H groups in total. The van der Waals surface area contributed by atoms with Crippen LogP contribution >= 0.6 is 11.8 Å². The van der Waals surface area contributed by atoms with Crippen molar-refractivity contribution in [3.05, 3.63) is 0 Å². The number of hydrogen-bond donors (Lipinski definition) is 2. The minimum Gasteiger partial charge on any atom is -0.387 e. The predicted octanol–water partition coefficient (Wildman–Crippen LogP) is 0.455. The van der Waals surface area contributed by atoms with E-state index in [0.717, 1.165) is 24.5 Å². The number of likely N-dealkylation sites (tertiary alicyclic amines) is 1. The third-order valence-corrected chi connectivity index (χ3v) is 4.97. The number of amides is 1. The summed E-state index contributed by atoms with van der Waals surface area (Å²) in [6.45, 7) is 4.07. The van der Waals surface area contributed by atoms with E-state index >= 15 is 0 Å². The van der Waals surface area contributed by atoms with E-state index in [2.05, 4.69) is 17.1 Å². The SMILES string of the molecule is CC1CCCN1CC(=O)NCC1(O)CCSC1. The zero-order valence-corrected chi connectivity index (χ0v) is 11.3. The molecule has 2 saturated heterocycles. The highest BCUT2D eigenvalue weighted by Crippen LogP contribution is 2.26. The van der Waals surface area contributed by atoms with Crippen LogP contribution in [-0.4, -0.2) is 58.7 Å². The Labute approximate surface area is 107 Å². The number of aliphatic hydroxyl groups is 1. The molecule has 5 heteroatoms. The lowest BCUT2D eigenvalue weighted by Crippen LogP contribution is -2.46. The molecule has 0 saturated carbocycles. The van der Waals surface area contributed by atoms with Crippen LogP contribution in [-0.2, 0) is 4.79 Å². The minimum absolute atomic E-state index is 0.0454. The normalized spacial score (nSPS) is 34.1. The van der Waals surface area contributed by atoms with Crippen molar-refractivity contribution in [1.82, 2.24) is 10.2 Å². The number of carbonyl (C=O) groups excluding carboxylic acids is 1. The van der Waals surface area contributed by atoms with Crippen LogP contribution in [0.4, 0.5) is 0 Å². The van der Waals surface area contributed by atoms with Crippen LogP contribution in [0.2, 0.25) is 0 Å². The maximum Gasteiger partial charge on any atom is 0.234 e. The lowest BCUT2D eigenvalue weighted by Gasteiger charge is -2.24. The number of nitrogens with zero attached hydrogens (tertiary/aromatic N) is 1. The molecule has 1 amide bonds. The first-order chi connectivity index (χ1) is 8.09. The van der Waals surface area contributed by atoms with Crippen LogP contribution < -0.4 is 5.32 Å². The van der Waals surface area contributed by atoms with Gasteiger partial charge in [-0.15, -0.1) is 0 Å². The van der Waals surface area contributed by atoms with Gasteiger partial charge in [0.2, 0.25) is 5.91 Å². The van der Waals surface area contributed by atoms with Gasteiger partial charge in [0.15, 0.2) is 0 Å². The van der Waals surface area contributed by atoms with Crippen molar-refractivity contribution in [2.24, 2.45) is 0 Å². The second-order valence-electron chi connectivity index (χ2n) is 5.27. The summed E-state index contributed by atoms with van der Waals surface area (Å²) >= 11 is 1.75. The Morgan fingerprint density at radius 2 is 2.47 bits per heavy atom. The van der Waals surface area contributed by atoms with Gasteiger partial charge in [-0.3, -0.25) is 9.69 Å². The van der Waals surface area contributed by atoms with E-state index in [4.69, 9.17) is 0 Å². The third kappa shape index (κ3) is 3.60. The Bertz CT molecular complexity index is 280. The molecule has 0 aromatic heterocycles. The molecule has 2 aliphatic heterocycles. The molecule has 98 valence electrons. The average Bonchev–Trinajstić information content (AvgIpc) is 2.87. The molecule has 17 heavy (non-hydrogen) atoms. The number of nitrogens with one attached hydrogen (secondary N) is 1. The molecule has 2 heterocycles. The second kappa shape index (κ2) is 5.59. The molecule has 2 atom stereocenters. The highest BCUT2D eigenvalue weighted by molar-refractivity contribution is 7.99. The van der Waals surface area contributed by atoms with Crippen LogP contribution in [0.25, 0.3) is 0 Å². The molecule has 2 aliphatic rings. The molecule has 2 fully saturated rings. The van der Waals surface area contributed by atoms with Crippen LogP contribution in [0.15, 0.2) is 0 Å². The van der Waals surface area contributed by atoms with E-state index in [1.54, 1.807) is 11.8 Å². The topological polar surface area (TPSA) is 52.6 Å². The van der Waals surface area contributed by atoms with Gasteiger partial charge in [0.25, 0.3) is 0 Å². The summed E-state index contributed by atoms with van der Waals surface area (Å²) in [5, 5.41) is 13.0. The van der Waals surface area contributed by atoms with Crippen molar-refractivity contribution in [2.75, 3.05) is 31.1 Å². The molecule has 2 unspecified atom stereocenters. The van der Waals surface area contributed by atoms with Crippen molar-refractivity contribution < 1.29 is 9.90 Å². The Kier molecular flexibility index (Phi) is 4.33. The van der Waals surface area contributed by atoms with Crippen LogP contribution in [0.1, 0.15) is 26.2 Å². The Hall–Kier alpha value is -0.260. The molecule has 0 aromatic rings. The molecule has 0 spiro atoms. The zero-order chi connectivity index (χ0) is 12.3. The molecule has 2 rings (SSSR count). The van der Waals surface area contributed by atoms with Gasteiger partial charge in [-0.1, -0.05) is 0 Å². The van der Waals surface area contributed by atoms with Gasteiger partial charge in [0, 0.05) is 18.3 Å². The van der Waals surface area contributed by atoms with Gasteiger partial charge in [0.1, 0.15) is 0 Å². The van der Waals surface area contributed by atoms with Crippen molar-refractivity contribution in [1.29, 1.82) is 0 Å². The third-order valence-electron chi connectivity index (χ3n) is 3.73. The van der Waals surface area contributed by atoms with Gasteiger partial charge in [-0.25, -0.2) is 0 Å². The lowest BCUT2D eigenvalue weighted by atomic mass is 10.0. The Morgan fingerprint density at radius 3 is 3.06 bits per heavy atom. The summed E-state index contributed by atoms with van der Waals surface area (Å²) in [6, 6.07) is 0.519. The largest absolute Gasteiger partial charge is 0.387 e. The van der Waals surface area contributed by atoms with Crippen LogP contribution in [0, 0.1) is 0 Å². The Morgan fingerprint density at radius 1 is 1.65 bits per heavy atom. The fraction of sp³-hybridized carbons (Fsp3) is 0.917. The fourth-order valence-corrected chi connectivity index (χ4v) is 3.76. The quantitative estimate of drug-likeness (QED) is 0.769. The van der Waals surface area contributed by atoms with E-state index < -0.39 is 5.60 Å². The first-order valence-electron chi connectivity index (χ1n) is 6.40. The molecule has 4 nitrogen and oxygen atoms in total. The molecule has 0 bridgehead atoms. The van der Waals surface area contributed by atoms with Gasteiger partial charge in [-0.2, -0.15) is 11.8 Å². The van der Waals surface area contributed by atoms with Crippen molar-refractivity contribution >= 4 is 17.7 Å². The van der Waals surface area contributed by atoms with E-state index in [1.807, 2.05) is 0 Å². The van der Waals surface area contributed by atoms with Crippen molar-refractivity contribution in [3.8, 4) is 0 Å². The zero-order valence-electron chi connectivity index (χ0n) is 10.4. The molecule has 0 aromatic carbocycles. The summed E-state index contributed by atoms with van der Waals surface area (Å²) in [5.41, 5.74) is -0.670. The van der Waals surface area contributed by atoms with Gasteiger partial charge in [0.05, 0.1) is 12.1 Å².